The summed E-state index contributed by atoms with van der Waals surface area (Å²) in [6, 6.07) is 10.2. The number of hydrogen-bond acceptors (Lipinski definition) is 5. The summed E-state index contributed by atoms with van der Waals surface area (Å²) in [6.07, 6.45) is 4.75. The smallest absolute Gasteiger partial charge is 0.223 e. The molecule has 1 atom stereocenters. The van der Waals surface area contributed by atoms with E-state index in [9.17, 15) is 9.59 Å². The largest absolute Gasteiger partial charge is 0.395 e. The topological polar surface area (TPSA) is 52.6 Å². The molecule has 1 aromatic carbocycles. The van der Waals surface area contributed by atoms with Crippen molar-refractivity contribution in [1.82, 2.24) is 0 Å². The molecule has 0 saturated carbocycles. The molecule has 178 valence electrons. The van der Waals surface area contributed by atoms with Gasteiger partial charge in [-0.1, -0.05) is 75.9 Å². The van der Waals surface area contributed by atoms with E-state index in [-0.39, 0.29) is 28.3 Å². The SMILES string of the molecule is CCSC(=O)/C(=C/[C@H](C)OCO[Si](C)(C)C(C)(C)C)C(=O)/C(C)=C/CCc1ccccc1. The van der Waals surface area contributed by atoms with E-state index in [0.29, 0.717) is 11.3 Å². The van der Waals surface area contributed by atoms with Crippen molar-refractivity contribution in [2.24, 2.45) is 0 Å². The van der Waals surface area contributed by atoms with Gasteiger partial charge in [-0.3, -0.25) is 9.59 Å². The van der Waals surface area contributed by atoms with Gasteiger partial charge in [-0.2, -0.15) is 0 Å². The molecule has 4 nitrogen and oxygen atoms in total. The molecular weight excluding hydrogens is 436 g/mol. The van der Waals surface area contributed by atoms with Gasteiger partial charge < -0.3 is 9.16 Å². The Morgan fingerprint density at radius 3 is 2.34 bits per heavy atom. The second kappa shape index (κ2) is 13.3. The number of benzene rings is 1. The minimum atomic E-state index is -1.92. The van der Waals surface area contributed by atoms with Crippen molar-refractivity contribution in [3.05, 3.63) is 59.2 Å². The predicted octanol–water partition coefficient (Wildman–Crippen LogP) is 6.73. The minimum absolute atomic E-state index is 0.0892. The molecule has 1 aromatic rings. The zero-order valence-corrected chi connectivity index (χ0v) is 22.8. The number of allylic oxidation sites excluding steroid dienone is 2. The molecule has 0 spiro atoms. The van der Waals surface area contributed by atoms with Gasteiger partial charge >= 0.3 is 0 Å². The lowest BCUT2D eigenvalue weighted by molar-refractivity contribution is -0.116. The molecule has 0 aliphatic carbocycles. The van der Waals surface area contributed by atoms with E-state index in [2.05, 4.69) is 46.0 Å². The number of Topliss-reactive ketones (excluding diaryl/α,β-unsaturated/α-hetero) is 1. The molecule has 0 amide bonds. The fraction of sp³-hybridized carbons (Fsp3) is 0.538. The van der Waals surface area contributed by atoms with E-state index in [1.807, 2.05) is 38.1 Å². The quantitative estimate of drug-likeness (QED) is 0.110. The van der Waals surface area contributed by atoms with Crippen LogP contribution in [0, 0.1) is 0 Å². The number of rotatable bonds is 12. The highest BCUT2D eigenvalue weighted by Gasteiger charge is 2.37. The first-order valence-electron chi connectivity index (χ1n) is 11.3. The highest BCUT2D eigenvalue weighted by molar-refractivity contribution is 8.14. The minimum Gasteiger partial charge on any atom is -0.395 e. The first kappa shape index (κ1) is 28.6. The molecule has 0 fully saturated rings. The molecule has 0 unspecified atom stereocenters. The van der Waals surface area contributed by atoms with Crippen molar-refractivity contribution in [2.75, 3.05) is 12.5 Å². The van der Waals surface area contributed by atoms with Gasteiger partial charge in [-0.05, 0) is 67.8 Å². The second-order valence-electron chi connectivity index (χ2n) is 9.44. The van der Waals surface area contributed by atoms with E-state index < -0.39 is 14.4 Å². The van der Waals surface area contributed by atoms with Crippen molar-refractivity contribution in [2.45, 2.75) is 78.6 Å². The summed E-state index contributed by atoms with van der Waals surface area (Å²) in [5, 5.41) is -0.125. The van der Waals surface area contributed by atoms with Crippen LogP contribution in [0.1, 0.15) is 53.5 Å². The summed E-state index contributed by atoms with van der Waals surface area (Å²) in [6.45, 7) is 16.5. The van der Waals surface area contributed by atoms with E-state index in [1.54, 1.807) is 13.0 Å². The third-order valence-electron chi connectivity index (χ3n) is 5.78. The summed E-state index contributed by atoms with van der Waals surface area (Å²) < 4.78 is 11.9. The molecule has 0 radical (unpaired) electrons. The summed E-state index contributed by atoms with van der Waals surface area (Å²) in [5.74, 6) is 0.383. The molecule has 0 bridgehead atoms. The molecular formula is C26H40O4SSi. The van der Waals surface area contributed by atoms with Gasteiger partial charge in [0.25, 0.3) is 0 Å². The van der Waals surface area contributed by atoms with Gasteiger partial charge in [0.2, 0.25) is 5.12 Å². The lowest BCUT2D eigenvalue weighted by Gasteiger charge is -2.36. The number of ketones is 1. The molecule has 0 aliphatic rings. The van der Waals surface area contributed by atoms with E-state index in [0.717, 1.165) is 24.6 Å². The zero-order chi connectivity index (χ0) is 24.4. The number of carbonyl (C=O) groups excluding carboxylic acids is 2. The van der Waals surface area contributed by atoms with Gasteiger partial charge in [-0.15, -0.1) is 0 Å². The molecule has 0 aromatic heterocycles. The van der Waals surface area contributed by atoms with Crippen molar-refractivity contribution in [3.8, 4) is 0 Å². The van der Waals surface area contributed by atoms with Crippen LogP contribution < -0.4 is 0 Å². The Labute approximate surface area is 200 Å². The maximum absolute atomic E-state index is 13.1. The number of thioether (sulfide) groups is 1. The van der Waals surface area contributed by atoms with Crippen molar-refractivity contribution in [1.29, 1.82) is 0 Å². The second-order valence-corrected chi connectivity index (χ2v) is 15.5. The average Bonchev–Trinajstić information content (AvgIpc) is 2.71. The molecule has 0 saturated heterocycles. The summed E-state index contributed by atoms with van der Waals surface area (Å²) >= 11 is 1.14. The van der Waals surface area contributed by atoms with Crippen LogP contribution in [0.4, 0.5) is 0 Å². The molecule has 1 rings (SSSR count). The van der Waals surface area contributed by atoms with Crippen LogP contribution in [0.25, 0.3) is 0 Å². The van der Waals surface area contributed by atoms with Gasteiger partial charge in [-0.25, -0.2) is 0 Å². The summed E-state index contributed by atoms with van der Waals surface area (Å²) in [4.78, 5) is 25.7. The third-order valence-corrected chi connectivity index (χ3v) is 11.0. The molecule has 6 heteroatoms. The van der Waals surface area contributed by atoms with Crippen LogP contribution in [0.2, 0.25) is 18.1 Å². The first-order chi connectivity index (χ1) is 14.9. The monoisotopic (exact) mass is 476 g/mol. The predicted molar refractivity (Wildman–Crippen MR) is 138 cm³/mol. The summed E-state index contributed by atoms with van der Waals surface area (Å²) in [5.41, 5.74) is 1.99. The van der Waals surface area contributed by atoms with Crippen LogP contribution in [0.5, 0.6) is 0 Å². The molecule has 0 heterocycles. The van der Waals surface area contributed by atoms with Crippen LogP contribution >= 0.6 is 11.8 Å². The van der Waals surface area contributed by atoms with E-state index in [1.165, 1.54) is 5.56 Å². The Morgan fingerprint density at radius 1 is 1.16 bits per heavy atom. The molecule has 0 aliphatic heterocycles. The maximum atomic E-state index is 13.1. The van der Waals surface area contributed by atoms with Gasteiger partial charge in [0.1, 0.15) is 6.79 Å². The number of hydrogen-bond donors (Lipinski definition) is 0. The fourth-order valence-electron chi connectivity index (χ4n) is 2.64. The number of aryl methyl sites for hydroxylation is 1. The lowest BCUT2D eigenvalue weighted by atomic mass is 10.0. The molecule has 32 heavy (non-hydrogen) atoms. The molecule has 0 N–H and O–H groups in total. The Hall–Kier alpha value is -1.47. The van der Waals surface area contributed by atoms with Crippen molar-refractivity contribution in [3.63, 3.8) is 0 Å². The third kappa shape index (κ3) is 9.57. The Morgan fingerprint density at radius 2 is 1.78 bits per heavy atom. The number of carbonyl (C=O) groups is 2. The zero-order valence-electron chi connectivity index (χ0n) is 21.0. The van der Waals surface area contributed by atoms with Crippen molar-refractivity contribution >= 4 is 31.0 Å². The van der Waals surface area contributed by atoms with Crippen LogP contribution in [0.3, 0.4) is 0 Å². The first-order valence-corrected chi connectivity index (χ1v) is 15.2. The Balaban J connectivity index is 2.84. The average molecular weight is 477 g/mol. The standard InChI is InChI=1S/C26H40O4SSi/c1-9-31-25(28)23(18-21(3)29-19-30-32(7,8)26(4,5)6)24(27)20(2)14-13-17-22-15-11-10-12-16-22/h10-12,14-16,18,21H,9,13,17,19H2,1-8H3/b20-14+,23-18+/t21-/m0/s1. The van der Waals surface area contributed by atoms with E-state index >= 15 is 0 Å². The highest BCUT2D eigenvalue weighted by atomic mass is 32.2. The maximum Gasteiger partial charge on any atom is 0.223 e. The van der Waals surface area contributed by atoms with E-state index in [4.69, 9.17) is 9.16 Å². The number of ether oxygens (including phenoxy) is 1. The highest BCUT2D eigenvalue weighted by Crippen LogP contribution is 2.36. The van der Waals surface area contributed by atoms with Crippen LogP contribution in [-0.4, -0.2) is 37.9 Å². The fourth-order valence-corrected chi connectivity index (χ4v) is 4.01. The summed E-state index contributed by atoms with van der Waals surface area (Å²) in [7, 11) is -1.92. The van der Waals surface area contributed by atoms with Crippen molar-refractivity contribution < 1.29 is 18.8 Å². The van der Waals surface area contributed by atoms with Crippen LogP contribution in [-0.2, 0) is 25.2 Å². The Bertz CT molecular complexity index is 807. The van der Waals surface area contributed by atoms with Crippen LogP contribution in [0.15, 0.2) is 53.6 Å². The normalized spacial score (nSPS) is 14.4. The van der Waals surface area contributed by atoms with Gasteiger partial charge in [0.05, 0.1) is 11.7 Å². The lowest BCUT2D eigenvalue weighted by Crippen LogP contribution is -2.41. The van der Waals surface area contributed by atoms with Gasteiger partial charge in [0, 0.05) is 0 Å². The van der Waals surface area contributed by atoms with Gasteiger partial charge in [0.15, 0.2) is 14.1 Å². The Kier molecular flexibility index (Phi) is 11.9.